The second-order valence-corrected chi connectivity index (χ2v) is 7.57. The second kappa shape index (κ2) is 9.06. The van der Waals surface area contributed by atoms with E-state index in [9.17, 15) is 4.79 Å². The Morgan fingerprint density at radius 2 is 1.97 bits per heavy atom. The third-order valence-corrected chi connectivity index (χ3v) is 5.37. The first kappa shape index (κ1) is 20.1. The highest BCUT2D eigenvalue weighted by atomic mass is 35.5. The van der Waals surface area contributed by atoms with Gasteiger partial charge in [-0.05, 0) is 30.3 Å². The van der Waals surface area contributed by atoms with Crippen LogP contribution in [0.4, 0.5) is 5.13 Å². The molecule has 152 valence electrons. The lowest BCUT2D eigenvalue weighted by atomic mass is 10.2. The molecule has 0 aliphatic rings. The van der Waals surface area contributed by atoms with Crippen molar-refractivity contribution in [1.29, 1.82) is 0 Å². The molecule has 0 saturated heterocycles. The molecule has 0 unspecified atom stereocenters. The predicted molar refractivity (Wildman–Crippen MR) is 116 cm³/mol. The summed E-state index contributed by atoms with van der Waals surface area (Å²) in [5.74, 6) is 1.43. The first-order valence-corrected chi connectivity index (χ1v) is 10.4. The third kappa shape index (κ3) is 4.67. The lowest BCUT2D eigenvalue weighted by Crippen LogP contribution is -2.12. The molecule has 0 atom stereocenters. The summed E-state index contributed by atoms with van der Waals surface area (Å²) in [6, 6.07) is 14.8. The van der Waals surface area contributed by atoms with Gasteiger partial charge in [-0.2, -0.15) is 4.98 Å². The minimum atomic E-state index is -0.181. The molecule has 9 heteroatoms. The Labute approximate surface area is 181 Å². The van der Waals surface area contributed by atoms with Crippen molar-refractivity contribution in [1.82, 2.24) is 15.1 Å². The molecule has 0 fully saturated rings. The van der Waals surface area contributed by atoms with Gasteiger partial charge in [0.15, 0.2) is 5.13 Å². The number of methoxy groups -OCH3 is 1. The van der Waals surface area contributed by atoms with Gasteiger partial charge in [-0.3, -0.25) is 4.79 Å². The predicted octanol–water partition coefficient (Wildman–Crippen LogP) is 5.09. The number of hydrogen-bond donors (Lipinski definition) is 1. The Balaban J connectivity index is 1.33. The highest BCUT2D eigenvalue weighted by Crippen LogP contribution is 2.30. The van der Waals surface area contributed by atoms with E-state index < -0.39 is 0 Å². The lowest BCUT2D eigenvalue weighted by molar-refractivity contribution is -0.116. The Hall–Kier alpha value is -3.23. The van der Waals surface area contributed by atoms with Gasteiger partial charge in [0.25, 0.3) is 0 Å². The number of carbonyl (C=O) groups excluding carboxylic acids is 1. The quantitative estimate of drug-likeness (QED) is 0.430. The molecular weight excluding hydrogens is 424 g/mol. The molecule has 30 heavy (non-hydrogen) atoms. The van der Waals surface area contributed by atoms with Crippen LogP contribution >= 0.6 is 22.9 Å². The minimum absolute atomic E-state index is 0.181. The van der Waals surface area contributed by atoms with Gasteiger partial charge in [0.2, 0.25) is 17.6 Å². The van der Waals surface area contributed by atoms with Crippen molar-refractivity contribution in [2.24, 2.45) is 0 Å². The summed E-state index contributed by atoms with van der Waals surface area (Å²) < 4.78 is 10.4. The van der Waals surface area contributed by atoms with Crippen LogP contribution in [0.3, 0.4) is 0 Å². The van der Waals surface area contributed by atoms with Crippen LogP contribution in [0.25, 0.3) is 22.6 Å². The first-order valence-electron chi connectivity index (χ1n) is 9.09. The van der Waals surface area contributed by atoms with E-state index in [-0.39, 0.29) is 12.3 Å². The van der Waals surface area contributed by atoms with Gasteiger partial charge in [-0.25, -0.2) is 4.98 Å². The van der Waals surface area contributed by atoms with Crippen molar-refractivity contribution in [2.45, 2.75) is 12.8 Å². The van der Waals surface area contributed by atoms with E-state index in [0.29, 0.717) is 28.3 Å². The summed E-state index contributed by atoms with van der Waals surface area (Å²) >= 11 is 7.54. The molecule has 0 bridgehead atoms. The summed E-state index contributed by atoms with van der Waals surface area (Å²) in [5.41, 5.74) is 2.36. The minimum Gasteiger partial charge on any atom is -0.497 e. The first-order chi connectivity index (χ1) is 14.6. The maximum atomic E-state index is 12.3. The average Bonchev–Trinajstić information content (AvgIpc) is 3.42. The van der Waals surface area contributed by atoms with Gasteiger partial charge in [0.1, 0.15) is 5.75 Å². The fraction of sp³-hybridized carbons (Fsp3) is 0.143. The van der Waals surface area contributed by atoms with Crippen LogP contribution in [0.15, 0.2) is 58.4 Å². The molecule has 0 aliphatic carbocycles. The highest BCUT2D eigenvalue weighted by molar-refractivity contribution is 7.14. The number of thiazole rings is 1. The monoisotopic (exact) mass is 440 g/mol. The lowest BCUT2D eigenvalue weighted by Gasteiger charge is -2.00. The number of benzene rings is 2. The van der Waals surface area contributed by atoms with E-state index in [4.69, 9.17) is 20.9 Å². The Morgan fingerprint density at radius 3 is 2.73 bits per heavy atom. The number of nitrogens with one attached hydrogen (secondary N) is 1. The second-order valence-electron chi connectivity index (χ2n) is 6.31. The standard InChI is InChI=1S/C21H17ClN4O3S/c1-28-14-8-6-13(7-9-14)20-25-19(29-26-20)11-10-18(27)24-21-23-17(12-30-21)15-4-2-3-5-16(15)22/h2-9,12H,10-11H2,1H3,(H,23,24,27). The highest BCUT2D eigenvalue weighted by Gasteiger charge is 2.13. The number of hydrogen-bond acceptors (Lipinski definition) is 7. The molecule has 4 aromatic rings. The third-order valence-electron chi connectivity index (χ3n) is 4.28. The number of amides is 1. The van der Waals surface area contributed by atoms with Crippen molar-refractivity contribution in [2.75, 3.05) is 12.4 Å². The van der Waals surface area contributed by atoms with Crippen molar-refractivity contribution in [3.63, 3.8) is 0 Å². The summed E-state index contributed by atoms with van der Waals surface area (Å²) in [7, 11) is 1.61. The van der Waals surface area contributed by atoms with E-state index in [1.807, 2.05) is 47.8 Å². The van der Waals surface area contributed by atoms with E-state index in [2.05, 4.69) is 20.4 Å². The number of ether oxygens (including phenoxy) is 1. The summed E-state index contributed by atoms with van der Waals surface area (Å²) in [6.45, 7) is 0. The molecule has 1 amide bonds. The van der Waals surface area contributed by atoms with Crippen LogP contribution in [0, 0.1) is 0 Å². The molecular formula is C21H17ClN4O3S. The number of aromatic nitrogens is 3. The number of rotatable bonds is 7. The van der Waals surface area contributed by atoms with E-state index in [0.717, 1.165) is 22.6 Å². The number of nitrogens with zero attached hydrogens (tertiary/aromatic N) is 3. The number of anilines is 1. The molecule has 1 N–H and O–H groups in total. The molecule has 0 radical (unpaired) electrons. The van der Waals surface area contributed by atoms with Gasteiger partial charge in [0, 0.05) is 34.4 Å². The van der Waals surface area contributed by atoms with Crippen LogP contribution in [0.2, 0.25) is 5.02 Å². The summed E-state index contributed by atoms with van der Waals surface area (Å²) in [5, 5.41) is 9.75. The zero-order valence-corrected chi connectivity index (χ0v) is 17.5. The number of aryl methyl sites for hydroxylation is 1. The van der Waals surface area contributed by atoms with Crippen molar-refractivity contribution >= 4 is 34.0 Å². The average molecular weight is 441 g/mol. The van der Waals surface area contributed by atoms with Crippen LogP contribution in [-0.2, 0) is 11.2 Å². The molecule has 2 aromatic carbocycles. The van der Waals surface area contributed by atoms with Gasteiger partial charge < -0.3 is 14.6 Å². The van der Waals surface area contributed by atoms with E-state index in [1.165, 1.54) is 11.3 Å². The van der Waals surface area contributed by atoms with Gasteiger partial charge >= 0.3 is 0 Å². The van der Waals surface area contributed by atoms with Gasteiger partial charge in [-0.1, -0.05) is 35.0 Å². The molecule has 2 heterocycles. The van der Waals surface area contributed by atoms with Gasteiger partial charge in [0.05, 0.1) is 12.8 Å². The SMILES string of the molecule is COc1ccc(-c2noc(CCC(=O)Nc3nc(-c4ccccc4Cl)cs3)n2)cc1. The molecule has 4 rings (SSSR count). The maximum absolute atomic E-state index is 12.3. The topological polar surface area (TPSA) is 90.1 Å². The van der Waals surface area contributed by atoms with Crippen molar-refractivity contribution in [3.8, 4) is 28.4 Å². The van der Waals surface area contributed by atoms with Crippen molar-refractivity contribution < 1.29 is 14.1 Å². The molecule has 7 nitrogen and oxygen atoms in total. The summed E-state index contributed by atoms with van der Waals surface area (Å²) in [6.07, 6.45) is 0.531. The van der Waals surface area contributed by atoms with Crippen LogP contribution < -0.4 is 10.1 Å². The molecule has 0 saturated carbocycles. The number of halogens is 1. The van der Waals surface area contributed by atoms with E-state index in [1.54, 1.807) is 13.2 Å². The molecule has 0 aliphatic heterocycles. The van der Waals surface area contributed by atoms with Crippen LogP contribution in [0.1, 0.15) is 12.3 Å². The maximum Gasteiger partial charge on any atom is 0.227 e. The largest absolute Gasteiger partial charge is 0.497 e. The normalized spacial score (nSPS) is 10.7. The fourth-order valence-corrected chi connectivity index (χ4v) is 3.70. The van der Waals surface area contributed by atoms with Crippen LogP contribution in [0.5, 0.6) is 5.75 Å². The van der Waals surface area contributed by atoms with Gasteiger partial charge in [-0.15, -0.1) is 11.3 Å². The zero-order valence-electron chi connectivity index (χ0n) is 16.0. The fourth-order valence-electron chi connectivity index (χ4n) is 2.74. The number of carbonyl (C=O) groups is 1. The Morgan fingerprint density at radius 1 is 1.17 bits per heavy atom. The summed E-state index contributed by atoms with van der Waals surface area (Å²) in [4.78, 5) is 21.0. The van der Waals surface area contributed by atoms with Crippen molar-refractivity contribution in [3.05, 3.63) is 64.8 Å². The zero-order chi connectivity index (χ0) is 20.9. The molecule has 0 spiro atoms. The van der Waals surface area contributed by atoms with E-state index >= 15 is 0 Å². The molecule has 2 aromatic heterocycles. The smallest absolute Gasteiger partial charge is 0.227 e. The Kier molecular flexibility index (Phi) is 6.06. The van der Waals surface area contributed by atoms with Crippen LogP contribution in [-0.4, -0.2) is 28.1 Å². The Bertz CT molecular complexity index is 1160.